The lowest BCUT2D eigenvalue weighted by Crippen LogP contribution is -2.39. The first kappa shape index (κ1) is 24.8. The second-order valence-electron chi connectivity index (χ2n) is 8.21. The Morgan fingerprint density at radius 1 is 1.21 bits per heavy atom. The zero-order valence-corrected chi connectivity index (χ0v) is 22.0. The van der Waals surface area contributed by atoms with Crippen molar-refractivity contribution in [3.8, 4) is 0 Å². The van der Waals surface area contributed by atoms with Crippen LogP contribution >= 0.6 is 27.3 Å². The van der Waals surface area contributed by atoms with Crippen LogP contribution in [-0.2, 0) is 26.1 Å². The van der Waals surface area contributed by atoms with Gasteiger partial charge in [0.15, 0.2) is 4.80 Å². The monoisotopic (exact) mass is 565 g/mol. The molecule has 1 fully saturated rings. The van der Waals surface area contributed by atoms with Crippen molar-refractivity contribution in [2.45, 2.75) is 31.2 Å². The number of piperidine rings is 1. The predicted octanol–water partition coefficient (Wildman–Crippen LogP) is 3.80. The summed E-state index contributed by atoms with van der Waals surface area (Å²) < 4.78 is 35.6. The van der Waals surface area contributed by atoms with E-state index in [0.717, 1.165) is 27.5 Å². The first-order chi connectivity index (χ1) is 16.2. The molecule has 2 heterocycles. The van der Waals surface area contributed by atoms with Crippen LogP contribution in [0.5, 0.6) is 0 Å². The Labute approximate surface area is 210 Å². The van der Waals surface area contributed by atoms with Crippen molar-refractivity contribution in [1.29, 1.82) is 0 Å². The molecular formula is C23H24BrN3O5S2. The van der Waals surface area contributed by atoms with Gasteiger partial charge in [-0.1, -0.05) is 34.2 Å². The number of sulfonamides is 1. The van der Waals surface area contributed by atoms with E-state index >= 15 is 0 Å². The van der Waals surface area contributed by atoms with E-state index in [4.69, 9.17) is 4.74 Å². The highest BCUT2D eigenvalue weighted by molar-refractivity contribution is 9.10. The van der Waals surface area contributed by atoms with Crippen molar-refractivity contribution in [1.82, 2.24) is 8.87 Å². The Morgan fingerprint density at radius 2 is 1.94 bits per heavy atom. The van der Waals surface area contributed by atoms with Crippen molar-refractivity contribution >= 4 is 59.4 Å². The van der Waals surface area contributed by atoms with Gasteiger partial charge in [-0.05, 0) is 61.2 Å². The summed E-state index contributed by atoms with van der Waals surface area (Å²) >= 11 is 4.70. The molecule has 1 atom stereocenters. The summed E-state index contributed by atoms with van der Waals surface area (Å²) in [6, 6.07) is 11.4. The Morgan fingerprint density at radius 3 is 2.62 bits per heavy atom. The lowest BCUT2D eigenvalue weighted by molar-refractivity contribution is -0.141. The zero-order chi connectivity index (χ0) is 24.5. The minimum atomic E-state index is -3.61. The van der Waals surface area contributed by atoms with Crippen LogP contribution in [0.3, 0.4) is 0 Å². The molecule has 1 unspecified atom stereocenters. The fourth-order valence-corrected chi connectivity index (χ4v) is 7.09. The van der Waals surface area contributed by atoms with Crippen LogP contribution in [0.25, 0.3) is 10.2 Å². The third-order valence-electron chi connectivity index (χ3n) is 5.72. The van der Waals surface area contributed by atoms with Gasteiger partial charge in [0, 0.05) is 23.1 Å². The number of hydrogen-bond acceptors (Lipinski definition) is 6. The molecule has 8 nitrogen and oxygen atoms in total. The number of thiazole rings is 1. The molecule has 0 N–H and O–H groups in total. The third kappa shape index (κ3) is 5.17. The van der Waals surface area contributed by atoms with Crippen molar-refractivity contribution in [2.24, 2.45) is 10.9 Å². The molecule has 0 spiro atoms. The number of rotatable bonds is 5. The number of nitrogens with zero attached hydrogens (tertiary/aromatic N) is 3. The Hall–Kier alpha value is -2.34. The molecular weight excluding hydrogens is 542 g/mol. The van der Waals surface area contributed by atoms with Gasteiger partial charge < -0.3 is 9.30 Å². The highest BCUT2D eigenvalue weighted by Crippen LogP contribution is 2.24. The van der Waals surface area contributed by atoms with Crippen molar-refractivity contribution in [2.75, 3.05) is 20.2 Å². The number of ether oxygens (including phenoxy) is 1. The molecule has 3 aromatic rings. The first-order valence-corrected chi connectivity index (χ1v) is 13.8. The second-order valence-corrected chi connectivity index (χ2v) is 12.1. The predicted molar refractivity (Wildman–Crippen MR) is 133 cm³/mol. The minimum absolute atomic E-state index is 0.0876. The molecule has 1 aromatic heterocycles. The molecule has 0 aliphatic carbocycles. The van der Waals surface area contributed by atoms with E-state index in [-0.39, 0.29) is 17.0 Å². The summed E-state index contributed by atoms with van der Waals surface area (Å²) in [7, 11) is -2.31. The molecule has 0 radical (unpaired) electrons. The van der Waals surface area contributed by atoms with Gasteiger partial charge in [-0.2, -0.15) is 9.30 Å². The topological polar surface area (TPSA) is 98.0 Å². The largest absolute Gasteiger partial charge is 0.468 e. The summed E-state index contributed by atoms with van der Waals surface area (Å²) in [5.41, 5.74) is 1.01. The molecule has 1 aliphatic heterocycles. The van der Waals surface area contributed by atoms with Crippen LogP contribution in [0.15, 0.2) is 56.8 Å². The molecule has 1 saturated heterocycles. The normalized spacial score (nSPS) is 17.7. The highest BCUT2D eigenvalue weighted by Gasteiger charge is 2.28. The van der Waals surface area contributed by atoms with Gasteiger partial charge in [-0.15, -0.1) is 0 Å². The molecule has 34 heavy (non-hydrogen) atoms. The highest BCUT2D eigenvalue weighted by atomic mass is 79.9. The number of amides is 1. The zero-order valence-electron chi connectivity index (χ0n) is 18.7. The molecule has 4 rings (SSSR count). The average Bonchev–Trinajstić information content (AvgIpc) is 3.14. The van der Waals surface area contributed by atoms with Gasteiger partial charge in [-0.25, -0.2) is 8.42 Å². The van der Waals surface area contributed by atoms with Crippen LogP contribution in [-0.4, -0.2) is 49.4 Å². The molecule has 11 heteroatoms. The van der Waals surface area contributed by atoms with Gasteiger partial charge in [0.1, 0.15) is 6.54 Å². The fourth-order valence-electron chi connectivity index (χ4n) is 3.91. The van der Waals surface area contributed by atoms with Crippen molar-refractivity contribution in [3.05, 3.63) is 57.3 Å². The summed E-state index contributed by atoms with van der Waals surface area (Å²) in [5.74, 6) is -0.667. The number of fused-ring (bicyclic) bond motifs is 1. The average molecular weight is 566 g/mol. The SMILES string of the molecule is COC(=O)Cn1c(=NC(=O)c2ccc(S(=O)(=O)N3CCCC(C)C3)cc2)sc2cc(Br)ccc21. The smallest absolute Gasteiger partial charge is 0.325 e. The Kier molecular flexibility index (Phi) is 7.36. The number of aromatic nitrogens is 1. The van der Waals surface area contributed by atoms with E-state index in [1.165, 1.54) is 47.0 Å². The molecule has 2 aromatic carbocycles. The first-order valence-electron chi connectivity index (χ1n) is 10.7. The van der Waals surface area contributed by atoms with Gasteiger partial charge in [-0.3, -0.25) is 9.59 Å². The van der Waals surface area contributed by atoms with Crippen LogP contribution in [0, 0.1) is 5.92 Å². The third-order valence-corrected chi connectivity index (χ3v) is 9.13. The van der Waals surface area contributed by atoms with E-state index in [1.54, 1.807) is 4.57 Å². The Balaban J connectivity index is 1.65. The van der Waals surface area contributed by atoms with E-state index in [0.29, 0.717) is 23.8 Å². The number of carbonyl (C=O) groups excluding carboxylic acids is 2. The summed E-state index contributed by atoms with van der Waals surface area (Å²) in [4.78, 5) is 29.6. The van der Waals surface area contributed by atoms with E-state index in [2.05, 4.69) is 20.9 Å². The van der Waals surface area contributed by atoms with Crippen LogP contribution in [0.1, 0.15) is 30.1 Å². The van der Waals surface area contributed by atoms with Crippen LogP contribution < -0.4 is 4.80 Å². The lowest BCUT2D eigenvalue weighted by atomic mass is 10.0. The number of esters is 1. The summed E-state index contributed by atoms with van der Waals surface area (Å²) in [6.07, 6.45) is 1.86. The van der Waals surface area contributed by atoms with Crippen molar-refractivity contribution in [3.63, 3.8) is 0 Å². The van der Waals surface area contributed by atoms with Gasteiger partial charge in [0.05, 0.1) is 22.2 Å². The maximum atomic E-state index is 13.0. The minimum Gasteiger partial charge on any atom is -0.468 e. The molecule has 1 aliphatic rings. The fraction of sp³-hybridized carbons (Fsp3) is 0.348. The second kappa shape index (κ2) is 10.1. The summed E-state index contributed by atoms with van der Waals surface area (Å²) in [6.45, 7) is 2.96. The number of hydrogen-bond donors (Lipinski definition) is 0. The number of halogens is 1. The number of methoxy groups -OCH3 is 1. The van der Waals surface area contributed by atoms with Crippen LogP contribution in [0.4, 0.5) is 0 Å². The van der Waals surface area contributed by atoms with Gasteiger partial charge >= 0.3 is 5.97 Å². The molecule has 180 valence electrons. The van der Waals surface area contributed by atoms with E-state index in [1.807, 2.05) is 25.1 Å². The van der Waals surface area contributed by atoms with E-state index in [9.17, 15) is 18.0 Å². The van der Waals surface area contributed by atoms with E-state index < -0.39 is 21.9 Å². The standard InChI is InChI=1S/C23H24BrN3O5S2/c1-15-4-3-11-26(13-15)34(30,31)18-8-5-16(6-9-18)22(29)25-23-27(14-21(28)32-2)19-10-7-17(24)12-20(19)33-23/h5-10,12,15H,3-4,11,13-14H2,1-2H3. The van der Waals surface area contributed by atoms with Gasteiger partial charge in [0.25, 0.3) is 5.91 Å². The molecule has 0 bridgehead atoms. The van der Waals surface area contributed by atoms with Crippen molar-refractivity contribution < 1.29 is 22.7 Å². The van der Waals surface area contributed by atoms with Crippen LogP contribution in [0.2, 0.25) is 0 Å². The maximum Gasteiger partial charge on any atom is 0.325 e. The number of carbonyl (C=O) groups is 2. The lowest BCUT2D eigenvalue weighted by Gasteiger charge is -2.30. The van der Waals surface area contributed by atoms with Gasteiger partial charge in [0.2, 0.25) is 10.0 Å². The summed E-state index contributed by atoms with van der Waals surface area (Å²) in [5, 5.41) is 0. The molecule has 0 saturated carbocycles. The Bertz CT molecular complexity index is 1410. The molecule has 1 amide bonds. The quantitative estimate of drug-likeness (QED) is 0.438. The number of benzene rings is 2. The maximum absolute atomic E-state index is 13.0.